The standard InChI is InChI=1S/C26H25F6N3O5S/c1-2-40-21(37)15-33-24(38)34-17-4-3-5-18(14-17)41-19-8-6-16(7-9-20(36)35-10-12-39-13-11-35)22(25(27,28)29)23(19)26(30,31)32/h3-9,14H,2,10-13,15H2,1H3,(H2,33,34,38)/b9-7+. The van der Waals surface area contributed by atoms with Crippen LogP contribution in [0.1, 0.15) is 23.6 Å². The molecule has 1 heterocycles. The van der Waals surface area contributed by atoms with Gasteiger partial charge in [0.05, 0.1) is 30.9 Å². The zero-order valence-electron chi connectivity index (χ0n) is 21.5. The maximum atomic E-state index is 14.1. The minimum Gasteiger partial charge on any atom is -0.465 e. The fourth-order valence-electron chi connectivity index (χ4n) is 3.76. The molecule has 0 unspecified atom stereocenters. The van der Waals surface area contributed by atoms with Crippen molar-refractivity contribution < 1.29 is 50.2 Å². The van der Waals surface area contributed by atoms with Crippen LogP contribution in [0.4, 0.5) is 36.8 Å². The van der Waals surface area contributed by atoms with Gasteiger partial charge in [-0.05, 0) is 42.8 Å². The SMILES string of the molecule is CCOC(=O)CNC(=O)Nc1cccc(Sc2ccc(/C=C/C(=O)N3CCOCC3)c(C(F)(F)F)c2C(F)(F)F)c1. The number of nitrogens with zero attached hydrogens (tertiary/aromatic N) is 1. The number of esters is 1. The largest absolute Gasteiger partial charge is 0.465 e. The van der Waals surface area contributed by atoms with Crippen molar-refractivity contribution in [3.63, 3.8) is 0 Å². The minimum atomic E-state index is -5.40. The number of urea groups is 1. The zero-order valence-corrected chi connectivity index (χ0v) is 22.3. The van der Waals surface area contributed by atoms with Gasteiger partial charge in [0, 0.05) is 34.6 Å². The molecule has 0 atom stereocenters. The number of morpholine rings is 1. The molecule has 0 aromatic heterocycles. The maximum absolute atomic E-state index is 14.1. The Labute approximate surface area is 235 Å². The molecule has 0 radical (unpaired) electrons. The third-order valence-electron chi connectivity index (χ3n) is 5.51. The lowest BCUT2D eigenvalue weighted by Gasteiger charge is -2.25. The van der Waals surface area contributed by atoms with Crippen molar-refractivity contribution in [3.05, 3.63) is 59.2 Å². The molecule has 222 valence electrons. The first-order valence-electron chi connectivity index (χ1n) is 12.1. The molecule has 3 amide bonds. The molecule has 1 aliphatic rings. The van der Waals surface area contributed by atoms with Gasteiger partial charge < -0.3 is 25.0 Å². The molecule has 1 aliphatic heterocycles. The first-order valence-corrected chi connectivity index (χ1v) is 13.0. The van der Waals surface area contributed by atoms with Gasteiger partial charge in [0.25, 0.3) is 0 Å². The van der Waals surface area contributed by atoms with Crippen LogP contribution < -0.4 is 10.6 Å². The summed E-state index contributed by atoms with van der Waals surface area (Å²) in [6.07, 6.45) is -9.26. The number of hydrogen-bond acceptors (Lipinski definition) is 6. The lowest BCUT2D eigenvalue weighted by atomic mass is 9.99. The maximum Gasteiger partial charge on any atom is 0.418 e. The third kappa shape index (κ3) is 9.14. The number of nitrogens with one attached hydrogen (secondary N) is 2. The quantitative estimate of drug-likeness (QED) is 0.237. The summed E-state index contributed by atoms with van der Waals surface area (Å²) in [5.41, 5.74) is -4.53. The van der Waals surface area contributed by atoms with Crippen molar-refractivity contribution in [1.29, 1.82) is 0 Å². The molecule has 2 N–H and O–H groups in total. The van der Waals surface area contributed by atoms with Crippen LogP contribution >= 0.6 is 11.8 Å². The Morgan fingerprint density at radius 3 is 2.34 bits per heavy atom. The van der Waals surface area contributed by atoms with Gasteiger partial charge in [0.2, 0.25) is 5.91 Å². The van der Waals surface area contributed by atoms with Crippen LogP contribution in [-0.4, -0.2) is 62.3 Å². The Kier molecular flexibility index (Phi) is 10.7. The van der Waals surface area contributed by atoms with E-state index in [1.165, 1.54) is 29.2 Å². The molecule has 3 rings (SSSR count). The smallest absolute Gasteiger partial charge is 0.418 e. The normalized spacial score (nSPS) is 14.2. The number of amides is 3. The van der Waals surface area contributed by atoms with Crippen LogP contribution in [0.2, 0.25) is 0 Å². The Morgan fingerprint density at radius 1 is 1.02 bits per heavy atom. The molecule has 2 aromatic rings. The van der Waals surface area contributed by atoms with Crippen molar-refractivity contribution in [2.75, 3.05) is 44.8 Å². The zero-order chi connectivity index (χ0) is 30.2. The van der Waals surface area contributed by atoms with Gasteiger partial charge in [-0.3, -0.25) is 9.59 Å². The Balaban J connectivity index is 1.90. The number of rotatable bonds is 8. The van der Waals surface area contributed by atoms with E-state index < -0.39 is 58.4 Å². The van der Waals surface area contributed by atoms with Crippen molar-refractivity contribution in [2.24, 2.45) is 0 Å². The van der Waals surface area contributed by atoms with E-state index in [-0.39, 0.29) is 43.5 Å². The predicted molar refractivity (Wildman–Crippen MR) is 137 cm³/mol. The average molecular weight is 606 g/mol. The van der Waals surface area contributed by atoms with E-state index >= 15 is 0 Å². The lowest BCUT2D eigenvalue weighted by Crippen LogP contribution is -2.39. The fraction of sp³-hybridized carbons (Fsp3) is 0.346. The highest BCUT2D eigenvalue weighted by molar-refractivity contribution is 7.99. The number of halogens is 6. The summed E-state index contributed by atoms with van der Waals surface area (Å²) in [7, 11) is 0. The highest BCUT2D eigenvalue weighted by atomic mass is 32.2. The summed E-state index contributed by atoms with van der Waals surface area (Å²) in [6, 6.07) is 6.36. The van der Waals surface area contributed by atoms with Crippen molar-refractivity contribution in [3.8, 4) is 0 Å². The van der Waals surface area contributed by atoms with Crippen molar-refractivity contribution >= 4 is 41.4 Å². The molecule has 15 heteroatoms. The second-order valence-corrected chi connectivity index (χ2v) is 9.53. The number of benzene rings is 2. The van der Waals surface area contributed by atoms with Crippen LogP contribution in [0.3, 0.4) is 0 Å². The third-order valence-corrected chi connectivity index (χ3v) is 6.56. The van der Waals surface area contributed by atoms with Crippen molar-refractivity contribution in [2.45, 2.75) is 29.1 Å². The van der Waals surface area contributed by atoms with Gasteiger partial charge in [-0.1, -0.05) is 23.9 Å². The number of carbonyl (C=O) groups is 3. The summed E-state index contributed by atoms with van der Waals surface area (Å²) in [5.74, 6) is -1.33. The molecule has 41 heavy (non-hydrogen) atoms. The predicted octanol–water partition coefficient (Wildman–Crippen LogP) is 5.43. The Bertz CT molecular complexity index is 1290. The molecular weight excluding hydrogens is 580 g/mol. The number of hydrogen-bond donors (Lipinski definition) is 2. The van der Waals surface area contributed by atoms with Gasteiger partial charge in [-0.25, -0.2) is 4.79 Å². The fourth-order valence-corrected chi connectivity index (χ4v) is 4.81. The van der Waals surface area contributed by atoms with Gasteiger partial charge in [-0.15, -0.1) is 0 Å². The first-order chi connectivity index (χ1) is 19.3. The molecule has 2 aromatic carbocycles. The Hall–Kier alpha value is -3.72. The average Bonchev–Trinajstić information content (AvgIpc) is 2.90. The van der Waals surface area contributed by atoms with Gasteiger partial charge >= 0.3 is 24.4 Å². The van der Waals surface area contributed by atoms with E-state index in [9.17, 15) is 40.7 Å². The van der Waals surface area contributed by atoms with Gasteiger partial charge in [0.1, 0.15) is 6.54 Å². The highest BCUT2D eigenvalue weighted by Crippen LogP contribution is 2.48. The molecule has 8 nitrogen and oxygen atoms in total. The molecule has 1 fully saturated rings. The molecule has 0 aliphatic carbocycles. The van der Waals surface area contributed by atoms with Gasteiger partial charge in [-0.2, -0.15) is 26.3 Å². The molecule has 0 spiro atoms. The van der Waals surface area contributed by atoms with E-state index in [0.29, 0.717) is 11.8 Å². The Morgan fingerprint density at radius 2 is 1.71 bits per heavy atom. The summed E-state index contributed by atoms with van der Waals surface area (Å²) < 4.78 is 94.4. The number of ether oxygens (including phenoxy) is 2. The number of anilines is 1. The summed E-state index contributed by atoms with van der Waals surface area (Å²) in [5, 5.41) is 4.62. The molecule has 1 saturated heterocycles. The van der Waals surface area contributed by atoms with E-state index in [0.717, 1.165) is 24.3 Å². The molecule has 0 bridgehead atoms. The second-order valence-electron chi connectivity index (χ2n) is 8.41. The lowest BCUT2D eigenvalue weighted by molar-refractivity contribution is -0.163. The monoisotopic (exact) mass is 605 g/mol. The van der Waals surface area contributed by atoms with Crippen LogP contribution in [-0.2, 0) is 31.4 Å². The molecular formula is C26H25F6N3O5S. The highest BCUT2D eigenvalue weighted by Gasteiger charge is 2.46. The van der Waals surface area contributed by atoms with Crippen molar-refractivity contribution in [1.82, 2.24) is 10.2 Å². The number of carbonyl (C=O) groups excluding carboxylic acids is 3. The van der Waals surface area contributed by atoms with Gasteiger partial charge in [0.15, 0.2) is 0 Å². The second kappa shape index (κ2) is 13.8. The van der Waals surface area contributed by atoms with Crippen LogP contribution in [0.5, 0.6) is 0 Å². The van der Waals surface area contributed by atoms with Crippen LogP contribution in [0, 0.1) is 0 Å². The van der Waals surface area contributed by atoms with E-state index in [1.54, 1.807) is 6.92 Å². The molecule has 0 saturated carbocycles. The van der Waals surface area contributed by atoms with Crippen LogP contribution in [0.25, 0.3) is 6.08 Å². The summed E-state index contributed by atoms with van der Waals surface area (Å²) in [4.78, 5) is 36.4. The topological polar surface area (TPSA) is 97.0 Å². The minimum absolute atomic E-state index is 0.0950. The number of alkyl halides is 6. The summed E-state index contributed by atoms with van der Waals surface area (Å²) in [6.45, 7) is 2.17. The van der Waals surface area contributed by atoms with E-state index in [4.69, 9.17) is 4.74 Å². The van der Waals surface area contributed by atoms with E-state index in [2.05, 4.69) is 15.4 Å². The van der Waals surface area contributed by atoms with E-state index in [1.807, 2.05) is 0 Å². The first kappa shape index (κ1) is 31.8. The summed E-state index contributed by atoms with van der Waals surface area (Å²) >= 11 is 0.414. The van der Waals surface area contributed by atoms with Crippen LogP contribution in [0.15, 0.2) is 52.3 Å².